The summed E-state index contributed by atoms with van der Waals surface area (Å²) in [6.45, 7) is 5.92. The van der Waals surface area contributed by atoms with E-state index in [1.165, 1.54) is 25.7 Å². The van der Waals surface area contributed by atoms with Crippen LogP contribution < -0.4 is 5.73 Å². The Morgan fingerprint density at radius 2 is 1.94 bits per heavy atom. The zero-order valence-corrected chi connectivity index (χ0v) is 11.1. The number of hydrogen-bond donors (Lipinski definition) is 1. The molecule has 0 radical (unpaired) electrons. The summed E-state index contributed by atoms with van der Waals surface area (Å²) in [5, 5.41) is 0. The Morgan fingerprint density at radius 3 is 2.31 bits per heavy atom. The highest BCUT2D eigenvalue weighted by molar-refractivity contribution is 5.85. The third kappa shape index (κ3) is 2.35. The number of nitrogens with zero attached hydrogens (tertiary/aromatic N) is 1. The predicted molar refractivity (Wildman–Crippen MR) is 67.5 cm³/mol. The van der Waals surface area contributed by atoms with Gasteiger partial charge >= 0.3 is 0 Å². The molecule has 3 nitrogen and oxygen atoms in total. The molecule has 1 atom stereocenters. The van der Waals surface area contributed by atoms with E-state index in [9.17, 15) is 4.79 Å². The smallest absolute Gasteiger partial charge is 0.239 e. The van der Waals surface area contributed by atoms with Crippen LogP contribution >= 0.6 is 12.4 Å². The second-order valence-corrected chi connectivity index (χ2v) is 5.63. The lowest BCUT2D eigenvalue weighted by atomic mass is 9.68. The summed E-state index contributed by atoms with van der Waals surface area (Å²) in [6.07, 6.45) is 5.17. The monoisotopic (exact) mass is 246 g/mol. The summed E-state index contributed by atoms with van der Waals surface area (Å²) in [5.41, 5.74) is 6.39. The average molecular weight is 247 g/mol. The van der Waals surface area contributed by atoms with Gasteiger partial charge in [0.2, 0.25) is 5.91 Å². The van der Waals surface area contributed by atoms with E-state index in [0.717, 1.165) is 13.1 Å². The molecule has 1 aliphatic heterocycles. The van der Waals surface area contributed by atoms with Crippen molar-refractivity contribution in [3.05, 3.63) is 0 Å². The van der Waals surface area contributed by atoms with E-state index in [4.69, 9.17) is 5.73 Å². The standard InChI is InChI=1S/C12H22N2O.ClH/c1-9(2)10(13)11(15)14-7-6-12(8-14)4-3-5-12;/h9-10H,3-8,13H2,1-2H3;1H/t10-;/m0./s1. The van der Waals surface area contributed by atoms with Gasteiger partial charge in [-0.2, -0.15) is 0 Å². The van der Waals surface area contributed by atoms with Crippen molar-refractivity contribution in [2.45, 2.75) is 45.6 Å². The van der Waals surface area contributed by atoms with E-state index in [1.807, 2.05) is 18.7 Å². The van der Waals surface area contributed by atoms with Gasteiger partial charge < -0.3 is 10.6 Å². The molecule has 1 spiro atoms. The van der Waals surface area contributed by atoms with Crippen molar-refractivity contribution in [1.82, 2.24) is 4.90 Å². The first-order valence-corrected chi connectivity index (χ1v) is 6.08. The molecule has 2 N–H and O–H groups in total. The van der Waals surface area contributed by atoms with E-state index in [2.05, 4.69) is 0 Å². The van der Waals surface area contributed by atoms with Gasteiger partial charge in [0.05, 0.1) is 6.04 Å². The number of hydrogen-bond acceptors (Lipinski definition) is 2. The van der Waals surface area contributed by atoms with Gasteiger partial charge in [0.1, 0.15) is 0 Å². The maximum Gasteiger partial charge on any atom is 0.239 e. The molecule has 0 bridgehead atoms. The van der Waals surface area contributed by atoms with Gasteiger partial charge in [-0.25, -0.2) is 0 Å². The van der Waals surface area contributed by atoms with E-state index in [1.54, 1.807) is 0 Å². The summed E-state index contributed by atoms with van der Waals surface area (Å²) in [7, 11) is 0. The normalized spacial score (nSPS) is 24.1. The van der Waals surface area contributed by atoms with Gasteiger partial charge in [0.25, 0.3) is 0 Å². The van der Waals surface area contributed by atoms with Gasteiger partial charge in [0, 0.05) is 13.1 Å². The summed E-state index contributed by atoms with van der Waals surface area (Å²) in [6, 6.07) is -0.305. The third-order valence-corrected chi connectivity index (χ3v) is 4.17. The van der Waals surface area contributed by atoms with Gasteiger partial charge in [0.15, 0.2) is 0 Å². The minimum Gasteiger partial charge on any atom is -0.341 e. The lowest BCUT2D eigenvalue weighted by Gasteiger charge is -2.38. The average Bonchev–Trinajstić information content (AvgIpc) is 2.59. The molecule has 0 aromatic carbocycles. The maximum absolute atomic E-state index is 12.0. The van der Waals surface area contributed by atoms with Crippen LogP contribution in [0.1, 0.15) is 39.5 Å². The second-order valence-electron chi connectivity index (χ2n) is 5.63. The molecule has 2 fully saturated rings. The lowest BCUT2D eigenvalue weighted by Crippen LogP contribution is -2.46. The molecule has 1 aliphatic carbocycles. The molecule has 4 heteroatoms. The minimum absolute atomic E-state index is 0. The van der Waals surface area contributed by atoms with Crippen LogP contribution in [0.15, 0.2) is 0 Å². The van der Waals surface area contributed by atoms with Crippen molar-refractivity contribution in [3.8, 4) is 0 Å². The van der Waals surface area contributed by atoms with Gasteiger partial charge in [-0.05, 0) is 30.6 Å². The number of carbonyl (C=O) groups excluding carboxylic acids is 1. The van der Waals surface area contributed by atoms with Crippen LogP contribution in [-0.4, -0.2) is 29.9 Å². The molecule has 0 aromatic heterocycles. The maximum atomic E-state index is 12.0. The quantitative estimate of drug-likeness (QED) is 0.808. The van der Waals surface area contributed by atoms with Crippen molar-refractivity contribution in [2.75, 3.05) is 13.1 Å². The predicted octanol–water partition coefficient (Wildman–Crippen LogP) is 1.79. The summed E-state index contributed by atoms with van der Waals surface area (Å²) in [5.74, 6) is 0.407. The van der Waals surface area contributed by atoms with Crippen LogP contribution in [-0.2, 0) is 4.79 Å². The van der Waals surface area contributed by atoms with Gasteiger partial charge in [-0.3, -0.25) is 4.79 Å². The SMILES string of the molecule is CC(C)[C@H](N)C(=O)N1CCC2(CCC2)C1.Cl. The van der Waals surface area contributed by atoms with E-state index < -0.39 is 0 Å². The Morgan fingerprint density at radius 1 is 1.31 bits per heavy atom. The van der Waals surface area contributed by atoms with Crippen molar-refractivity contribution in [1.29, 1.82) is 0 Å². The highest BCUT2D eigenvalue weighted by Crippen LogP contribution is 2.48. The van der Waals surface area contributed by atoms with Crippen molar-refractivity contribution in [3.63, 3.8) is 0 Å². The first kappa shape index (κ1) is 13.8. The molecule has 0 unspecified atom stereocenters. The molecular formula is C12H23ClN2O. The number of carbonyl (C=O) groups is 1. The van der Waals surface area contributed by atoms with Gasteiger partial charge in [-0.15, -0.1) is 12.4 Å². The molecule has 2 aliphatic rings. The largest absolute Gasteiger partial charge is 0.341 e. The molecular weight excluding hydrogens is 224 g/mol. The highest BCUT2D eigenvalue weighted by Gasteiger charge is 2.44. The first-order valence-electron chi connectivity index (χ1n) is 6.08. The van der Waals surface area contributed by atoms with Crippen molar-refractivity contribution >= 4 is 18.3 Å². The highest BCUT2D eigenvalue weighted by atomic mass is 35.5. The summed E-state index contributed by atoms with van der Waals surface area (Å²) in [4.78, 5) is 14.0. The lowest BCUT2D eigenvalue weighted by molar-refractivity contribution is -0.133. The molecule has 1 saturated carbocycles. The van der Waals surface area contributed by atoms with E-state index in [-0.39, 0.29) is 30.3 Å². The Balaban J connectivity index is 0.00000128. The molecule has 1 amide bonds. The zero-order chi connectivity index (χ0) is 11.1. The summed E-state index contributed by atoms with van der Waals surface area (Å²) < 4.78 is 0. The van der Waals surface area contributed by atoms with Gasteiger partial charge in [-0.1, -0.05) is 20.3 Å². The van der Waals surface area contributed by atoms with Crippen LogP contribution in [0.3, 0.4) is 0 Å². The summed E-state index contributed by atoms with van der Waals surface area (Å²) >= 11 is 0. The Labute approximate surface area is 104 Å². The molecule has 1 saturated heterocycles. The fourth-order valence-corrected chi connectivity index (χ4v) is 2.70. The Hall–Kier alpha value is -0.280. The number of halogens is 1. The van der Waals surface area contributed by atoms with Crippen LogP contribution in [0.2, 0.25) is 0 Å². The Bertz CT molecular complexity index is 264. The number of amides is 1. The van der Waals surface area contributed by atoms with E-state index >= 15 is 0 Å². The molecule has 0 aromatic rings. The minimum atomic E-state index is -0.305. The van der Waals surface area contributed by atoms with Crippen LogP contribution in [0.5, 0.6) is 0 Å². The molecule has 16 heavy (non-hydrogen) atoms. The van der Waals surface area contributed by atoms with Crippen molar-refractivity contribution in [2.24, 2.45) is 17.1 Å². The zero-order valence-electron chi connectivity index (χ0n) is 10.2. The Kier molecular flexibility index (Phi) is 4.24. The number of rotatable bonds is 2. The van der Waals surface area contributed by atoms with E-state index in [0.29, 0.717) is 5.41 Å². The molecule has 2 rings (SSSR count). The second kappa shape index (κ2) is 4.92. The number of nitrogens with two attached hydrogens (primary N) is 1. The molecule has 94 valence electrons. The molecule has 1 heterocycles. The fraction of sp³-hybridized carbons (Fsp3) is 0.917. The van der Waals surface area contributed by atoms with Crippen LogP contribution in [0, 0.1) is 11.3 Å². The van der Waals surface area contributed by atoms with Crippen LogP contribution in [0.4, 0.5) is 0 Å². The fourth-order valence-electron chi connectivity index (χ4n) is 2.70. The van der Waals surface area contributed by atoms with Crippen LogP contribution in [0.25, 0.3) is 0 Å². The number of likely N-dealkylation sites (tertiary alicyclic amines) is 1. The topological polar surface area (TPSA) is 46.3 Å². The third-order valence-electron chi connectivity index (χ3n) is 4.17. The first-order chi connectivity index (χ1) is 7.04. The van der Waals surface area contributed by atoms with Crippen molar-refractivity contribution < 1.29 is 4.79 Å².